The van der Waals surface area contributed by atoms with Crippen LogP contribution in [0, 0.1) is 24.0 Å². The van der Waals surface area contributed by atoms with Gasteiger partial charge < -0.3 is 15.2 Å². The van der Waals surface area contributed by atoms with Crippen molar-refractivity contribution < 1.29 is 9.57 Å². The quantitative estimate of drug-likeness (QED) is 0.707. The summed E-state index contributed by atoms with van der Waals surface area (Å²) in [5, 5.41) is 12.0. The molecule has 1 saturated carbocycles. The highest BCUT2D eigenvalue weighted by atomic mass is 79.9. The van der Waals surface area contributed by atoms with E-state index in [9.17, 15) is 5.21 Å². The van der Waals surface area contributed by atoms with Crippen LogP contribution in [0.25, 0.3) is 0 Å². The number of hydrogen-bond acceptors (Lipinski definition) is 5. The van der Waals surface area contributed by atoms with Gasteiger partial charge in [0.15, 0.2) is 0 Å². The number of halogens is 1. The Morgan fingerprint density at radius 3 is 2.50 bits per heavy atom. The van der Waals surface area contributed by atoms with Gasteiger partial charge in [0.25, 0.3) is 0 Å². The summed E-state index contributed by atoms with van der Waals surface area (Å²) in [4.78, 5) is 9.07. The van der Waals surface area contributed by atoms with Gasteiger partial charge in [-0.05, 0) is 66.4 Å². The Morgan fingerprint density at radius 2 is 1.95 bits per heavy atom. The third-order valence-corrected chi connectivity index (χ3v) is 4.98. The van der Waals surface area contributed by atoms with Crippen molar-refractivity contribution in [2.75, 3.05) is 12.3 Å². The van der Waals surface area contributed by atoms with Gasteiger partial charge >= 0.3 is 0 Å². The standard InChI is InChI=1S/C16H24BrN2O3/c1-10(2)12-5-7-13(8-6-12)22-16-14(17)9-15(11(3)18-16)19(20)21-4/h9-10,12-13H,5-8H2,1-4H3/q-1. The van der Waals surface area contributed by atoms with Crippen molar-refractivity contribution in [3.63, 3.8) is 0 Å². The number of aromatic nitrogens is 1. The second-order valence-electron chi connectivity index (χ2n) is 6.22. The lowest BCUT2D eigenvalue weighted by molar-refractivity contribution is 0.111. The molecule has 1 aromatic heterocycles. The van der Waals surface area contributed by atoms with Gasteiger partial charge in [-0.1, -0.05) is 13.8 Å². The Balaban J connectivity index is 2.03. The number of anilines is 1. The van der Waals surface area contributed by atoms with Crippen LogP contribution in [0.2, 0.25) is 0 Å². The summed E-state index contributed by atoms with van der Waals surface area (Å²) in [6, 6.07) is 1.69. The van der Waals surface area contributed by atoms with Gasteiger partial charge in [0.05, 0.1) is 23.0 Å². The first-order valence-corrected chi connectivity index (χ1v) is 8.56. The van der Waals surface area contributed by atoms with Crippen LogP contribution in [0.1, 0.15) is 45.2 Å². The van der Waals surface area contributed by atoms with Crippen LogP contribution in [0.4, 0.5) is 5.69 Å². The van der Waals surface area contributed by atoms with Crippen molar-refractivity contribution >= 4 is 21.6 Å². The maximum Gasteiger partial charge on any atom is 0.228 e. The van der Waals surface area contributed by atoms with Gasteiger partial charge in [0.2, 0.25) is 5.88 Å². The highest BCUT2D eigenvalue weighted by Gasteiger charge is 2.25. The van der Waals surface area contributed by atoms with Gasteiger partial charge in [0.1, 0.15) is 6.10 Å². The highest BCUT2D eigenvalue weighted by Crippen LogP contribution is 2.35. The maximum absolute atomic E-state index is 11.6. The Morgan fingerprint density at radius 1 is 1.32 bits per heavy atom. The van der Waals surface area contributed by atoms with Gasteiger partial charge in [-0.15, -0.1) is 0 Å². The molecule has 2 rings (SSSR count). The van der Waals surface area contributed by atoms with E-state index >= 15 is 0 Å². The van der Waals surface area contributed by atoms with Gasteiger partial charge in [-0.3, -0.25) is 4.84 Å². The first kappa shape index (κ1) is 17.5. The van der Waals surface area contributed by atoms with Crippen LogP contribution in [0.3, 0.4) is 0 Å². The van der Waals surface area contributed by atoms with Crippen LogP contribution < -0.4 is 9.96 Å². The Kier molecular flexibility index (Phi) is 6.06. The molecule has 1 aromatic rings. The predicted molar refractivity (Wildman–Crippen MR) is 90.7 cm³/mol. The second kappa shape index (κ2) is 7.62. The third-order valence-electron chi connectivity index (χ3n) is 4.41. The summed E-state index contributed by atoms with van der Waals surface area (Å²) in [5.74, 6) is 2.10. The molecule has 0 unspecified atom stereocenters. The maximum atomic E-state index is 11.6. The Bertz CT molecular complexity index is 502. The molecule has 124 valence electrons. The minimum absolute atomic E-state index is 0.204. The normalized spacial score (nSPS) is 22.0. The Hall–Kier alpha value is -0.850. The molecule has 6 heteroatoms. The molecule has 0 radical (unpaired) electrons. The fourth-order valence-corrected chi connectivity index (χ4v) is 3.34. The first-order chi connectivity index (χ1) is 10.4. The zero-order valence-corrected chi connectivity index (χ0v) is 15.2. The number of hydrogen-bond donors (Lipinski definition) is 0. The average Bonchev–Trinajstić information content (AvgIpc) is 2.50. The molecule has 0 amide bonds. The number of pyridine rings is 1. The molecule has 22 heavy (non-hydrogen) atoms. The Labute approximate surface area is 140 Å². The van der Waals surface area contributed by atoms with E-state index in [1.54, 1.807) is 13.0 Å². The molecular formula is C16H24BrN2O3-. The molecule has 0 saturated heterocycles. The number of ether oxygens (including phenoxy) is 1. The molecule has 5 nitrogen and oxygen atoms in total. The van der Waals surface area contributed by atoms with E-state index in [1.807, 2.05) is 0 Å². The number of nitrogens with zero attached hydrogens (tertiary/aromatic N) is 2. The summed E-state index contributed by atoms with van der Waals surface area (Å²) in [7, 11) is 1.33. The topological polar surface area (TPSA) is 57.7 Å². The van der Waals surface area contributed by atoms with E-state index < -0.39 is 0 Å². The van der Waals surface area contributed by atoms with Crippen molar-refractivity contribution in [1.82, 2.24) is 4.98 Å². The molecule has 0 aromatic carbocycles. The summed E-state index contributed by atoms with van der Waals surface area (Å²) in [5.41, 5.74) is 0.969. The highest BCUT2D eigenvalue weighted by molar-refractivity contribution is 9.10. The van der Waals surface area contributed by atoms with Crippen molar-refractivity contribution in [2.45, 2.75) is 52.6 Å². The lowest BCUT2D eigenvalue weighted by Crippen LogP contribution is -2.26. The smallest absolute Gasteiger partial charge is 0.228 e. The molecule has 1 aliphatic carbocycles. The monoisotopic (exact) mass is 371 g/mol. The predicted octanol–water partition coefficient (Wildman–Crippen LogP) is 4.61. The largest absolute Gasteiger partial charge is 0.733 e. The average molecular weight is 372 g/mol. The van der Waals surface area contributed by atoms with Crippen molar-refractivity contribution in [2.24, 2.45) is 11.8 Å². The number of aryl methyl sites for hydroxylation is 1. The molecule has 0 atom stereocenters. The third kappa shape index (κ3) is 4.12. The first-order valence-electron chi connectivity index (χ1n) is 7.77. The molecule has 0 N–H and O–H groups in total. The minimum Gasteiger partial charge on any atom is -0.733 e. The molecule has 1 heterocycles. The molecule has 1 aliphatic rings. The zero-order chi connectivity index (χ0) is 16.3. The van der Waals surface area contributed by atoms with Gasteiger partial charge in [-0.25, -0.2) is 4.98 Å². The van der Waals surface area contributed by atoms with Crippen LogP contribution in [0.15, 0.2) is 10.5 Å². The molecule has 0 bridgehead atoms. The summed E-state index contributed by atoms with van der Waals surface area (Å²) in [6.07, 6.45) is 4.73. The van der Waals surface area contributed by atoms with Crippen molar-refractivity contribution in [1.29, 1.82) is 0 Å². The van der Waals surface area contributed by atoms with E-state index in [4.69, 9.17) is 4.74 Å². The number of rotatable bonds is 5. The van der Waals surface area contributed by atoms with Crippen molar-refractivity contribution in [3.05, 3.63) is 21.4 Å². The summed E-state index contributed by atoms with van der Waals surface area (Å²) < 4.78 is 6.72. The summed E-state index contributed by atoms with van der Waals surface area (Å²) in [6.45, 7) is 6.35. The zero-order valence-electron chi connectivity index (χ0n) is 13.6. The SMILES string of the molecule is CON([O-])c1cc(Br)c(OC2CCC(C(C)C)CC2)nc1C. The van der Waals surface area contributed by atoms with Gasteiger partial charge in [-0.2, -0.15) is 0 Å². The molecule has 0 spiro atoms. The second-order valence-corrected chi connectivity index (χ2v) is 7.07. The fraction of sp³-hybridized carbons (Fsp3) is 0.688. The van der Waals surface area contributed by atoms with E-state index in [0.29, 0.717) is 27.0 Å². The van der Waals surface area contributed by atoms with Gasteiger partial charge in [0, 0.05) is 0 Å². The van der Waals surface area contributed by atoms with Crippen LogP contribution in [-0.2, 0) is 4.84 Å². The lowest BCUT2D eigenvalue weighted by atomic mass is 9.80. The lowest BCUT2D eigenvalue weighted by Gasteiger charge is -2.32. The molecule has 0 aliphatic heterocycles. The van der Waals surface area contributed by atoms with Crippen LogP contribution in [-0.4, -0.2) is 18.2 Å². The minimum atomic E-state index is 0.204. The summed E-state index contributed by atoms with van der Waals surface area (Å²) >= 11 is 3.43. The molecule has 1 fully saturated rings. The van der Waals surface area contributed by atoms with E-state index in [0.717, 1.165) is 24.7 Å². The molecular weight excluding hydrogens is 348 g/mol. The fourth-order valence-electron chi connectivity index (χ4n) is 2.95. The van der Waals surface area contributed by atoms with Crippen LogP contribution in [0.5, 0.6) is 5.88 Å². The van der Waals surface area contributed by atoms with Crippen LogP contribution >= 0.6 is 15.9 Å². The van der Waals surface area contributed by atoms with E-state index in [2.05, 4.69) is 39.6 Å². The van der Waals surface area contributed by atoms with E-state index in [-0.39, 0.29) is 6.10 Å². The van der Waals surface area contributed by atoms with E-state index in [1.165, 1.54) is 20.0 Å². The van der Waals surface area contributed by atoms with Crippen molar-refractivity contribution in [3.8, 4) is 5.88 Å².